The number of carbonyl (C=O) groups excluding carboxylic acids is 3. The Bertz CT molecular complexity index is 185. The molecule has 9 heavy (non-hydrogen) atoms. The molecule has 0 aromatic rings. The summed E-state index contributed by atoms with van der Waals surface area (Å²) in [6.07, 6.45) is 0.319. The number of carbonyl (C=O) groups is 3. The van der Waals surface area contributed by atoms with Gasteiger partial charge < -0.3 is 0 Å². The van der Waals surface area contributed by atoms with Crippen LogP contribution in [0.25, 0.3) is 0 Å². The molecule has 0 aromatic carbocycles. The van der Waals surface area contributed by atoms with Gasteiger partial charge in [0, 0.05) is 12.8 Å². The molecule has 1 aliphatic rings. The van der Waals surface area contributed by atoms with Gasteiger partial charge in [0.1, 0.15) is 0 Å². The summed E-state index contributed by atoms with van der Waals surface area (Å²) in [5, 5.41) is -0.800. The minimum absolute atomic E-state index is 0.102. The van der Waals surface area contributed by atoms with Gasteiger partial charge in [-0.2, -0.15) is 0 Å². The second-order valence-corrected chi connectivity index (χ2v) is 2.71. The molecule has 0 radical (unpaired) electrons. The van der Waals surface area contributed by atoms with E-state index in [9.17, 15) is 14.4 Å². The van der Waals surface area contributed by atoms with Gasteiger partial charge in [-0.05, 0) is 11.8 Å². The fourth-order valence-corrected chi connectivity index (χ4v) is 1.16. The standard InChI is InChI=1S/C5H4O3S/c6-3-1-2-4(7)9-5(3)8/h1-2H2. The van der Waals surface area contributed by atoms with Crippen molar-refractivity contribution in [3.63, 3.8) is 0 Å². The first-order valence-corrected chi connectivity index (χ1v) is 3.29. The molecule has 0 aliphatic carbocycles. The van der Waals surface area contributed by atoms with E-state index in [0.29, 0.717) is 11.8 Å². The Kier molecular flexibility index (Phi) is 1.66. The average molecular weight is 144 g/mol. The van der Waals surface area contributed by atoms with Crippen LogP contribution in [0.15, 0.2) is 0 Å². The third-order valence-corrected chi connectivity index (χ3v) is 1.84. The molecule has 1 heterocycles. The van der Waals surface area contributed by atoms with Crippen molar-refractivity contribution < 1.29 is 14.4 Å². The van der Waals surface area contributed by atoms with E-state index in [-0.39, 0.29) is 18.0 Å². The highest BCUT2D eigenvalue weighted by molar-refractivity contribution is 8.27. The van der Waals surface area contributed by atoms with E-state index >= 15 is 0 Å². The second kappa shape index (κ2) is 2.31. The van der Waals surface area contributed by atoms with Gasteiger partial charge in [-0.15, -0.1) is 0 Å². The maximum atomic E-state index is 10.4. The minimum atomic E-state index is -0.605. The fraction of sp³-hybridized carbons (Fsp3) is 0.400. The number of rotatable bonds is 0. The van der Waals surface area contributed by atoms with E-state index in [4.69, 9.17) is 0 Å². The van der Waals surface area contributed by atoms with Crippen molar-refractivity contribution >= 4 is 27.8 Å². The highest BCUT2D eigenvalue weighted by Gasteiger charge is 2.24. The van der Waals surface area contributed by atoms with Crippen molar-refractivity contribution in [3.8, 4) is 0 Å². The Balaban J connectivity index is 2.64. The van der Waals surface area contributed by atoms with Gasteiger partial charge in [0.15, 0.2) is 5.12 Å². The summed E-state index contributed by atoms with van der Waals surface area (Å²) in [5.74, 6) is -0.431. The minimum Gasteiger partial charge on any atom is -0.290 e. The Morgan fingerprint density at radius 3 is 2.22 bits per heavy atom. The van der Waals surface area contributed by atoms with E-state index in [1.165, 1.54) is 0 Å². The largest absolute Gasteiger partial charge is 0.290 e. The predicted octanol–water partition coefficient (Wildman–Crippen LogP) is 0.136. The summed E-state index contributed by atoms with van der Waals surface area (Å²) in [7, 11) is 0. The van der Waals surface area contributed by atoms with Crippen LogP contribution < -0.4 is 0 Å². The van der Waals surface area contributed by atoms with Crippen molar-refractivity contribution in [1.82, 2.24) is 0 Å². The van der Waals surface area contributed by atoms with Crippen LogP contribution in [0.2, 0.25) is 0 Å². The summed E-state index contributed by atoms with van der Waals surface area (Å²) in [6, 6.07) is 0. The number of hydrogen-bond donors (Lipinski definition) is 0. The molecule has 0 amide bonds. The molecule has 3 nitrogen and oxygen atoms in total. The van der Waals surface area contributed by atoms with Gasteiger partial charge >= 0.3 is 0 Å². The van der Waals surface area contributed by atoms with Crippen molar-refractivity contribution in [3.05, 3.63) is 0 Å². The van der Waals surface area contributed by atoms with Crippen LogP contribution in [-0.4, -0.2) is 16.0 Å². The van der Waals surface area contributed by atoms with Crippen molar-refractivity contribution in [2.24, 2.45) is 0 Å². The molecular weight excluding hydrogens is 140 g/mol. The molecule has 0 atom stereocenters. The Morgan fingerprint density at radius 1 is 1.11 bits per heavy atom. The Hall–Kier alpha value is -0.640. The smallest absolute Gasteiger partial charge is 0.262 e. The lowest BCUT2D eigenvalue weighted by atomic mass is 10.2. The lowest BCUT2D eigenvalue weighted by Gasteiger charge is -2.02. The molecule has 0 N–H and O–H groups in total. The van der Waals surface area contributed by atoms with Crippen molar-refractivity contribution in [1.29, 1.82) is 0 Å². The number of thioether (sulfide) groups is 1. The number of hydrogen-bond acceptors (Lipinski definition) is 4. The molecule has 1 aliphatic heterocycles. The van der Waals surface area contributed by atoms with E-state index in [1.54, 1.807) is 0 Å². The SMILES string of the molecule is O=C1CCC(=O)C(=O)S1. The molecule has 0 unspecified atom stereocenters. The molecule has 1 fully saturated rings. The average Bonchev–Trinajstić information content (AvgIpc) is 1.80. The van der Waals surface area contributed by atoms with Gasteiger partial charge in [-0.3, -0.25) is 14.4 Å². The van der Waals surface area contributed by atoms with E-state index in [1.807, 2.05) is 0 Å². The number of ketones is 1. The van der Waals surface area contributed by atoms with Crippen LogP contribution in [0.1, 0.15) is 12.8 Å². The molecule has 4 heteroatoms. The highest BCUT2D eigenvalue weighted by atomic mass is 32.2. The first-order chi connectivity index (χ1) is 4.20. The third kappa shape index (κ3) is 1.38. The molecule has 48 valence electrons. The molecule has 1 saturated heterocycles. The van der Waals surface area contributed by atoms with Crippen LogP contribution in [-0.2, 0) is 14.4 Å². The topological polar surface area (TPSA) is 51.2 Å². The van der Waals surface area contributed by atoms with E-state index in [0.717, 1.165) is 0 Å². The monoisotopic (exact) mass is 144 g/mol. The molecular formula is C5H4O3S. The van der Waals surface area contributed by atoms with Gasteiger partial charge in [0.05, 0.1) is 0 Å². The number of Topliss-reactive ketones (excluding diaryl/α,β-unsaturated/α-hetero) is 1. The van der Waals surface area contributed by atoms with Gasteiger partial charge in [-0.1, -0.05) is 0 Å². The quantitative estimate of drug-likeness (QED) is 0.453. The highest BCUT2D eigenvalue weighted by Crippen LogP contribution is 2.16. The van der Waals surface area contributed by atoms with E-state index < -0.39 is 10.9 Å². The predicted molar refractivity (Wildman–Crippen MR) is 31.8 cm³/mol. The van der Waals surface area contributed by atoms with Crippen molar-refractivity contribution in [2.45, 2.75) is 12.8 Å². The maximum Gasteiger partial charge on any atom is 0.262 e. The Labute approximate surface area is 55.8 Å². The zero-order valence-corrected chi connectivity index (χ0v) is 5.36. The van der Waals surface area contributed by atoms with Crippen LogP contribution in [0.5, 0.6) is 0 Å². The lowest BCUT2D eigenvalue weighted by Crippen LogP contribution is -2.18. The summed E-state index contributed by atoms with van der Waals surface area (Å²) in [6.45, 7) is 0. The second-order valence-electron chi connectivity index (χ2n) is 1.68. The summed E-state index contributed by atoms with van der Waals surface area (Å²) >= 11 is 0.522. The van der Waals surface area contributed by atoms with E-state index in [2.05, 4.69) is 0 Å². The summed E-state index contributed by atoms with van der Waals surface area (Å²) in [4.78, 5) is 31.2. The summed E-state index contributed by atoms with van der Waals surface area (Å²) < 4.78 is 0. The molecule has 0 aromatic heterocycles. The first kappa shape index (κ1) is 6.48. The van der Waals surface area contributed by atoms with Crippen LogP contribution in [0.3, 0.4) is 0 Å². The lowest BCUT2D eigenvalue weighted by molar-refractivity contribution is -0.133. The van der Waals surface area contributed by atoms with Crippen LogP contribution >= 0.6 is 11.8 Å². The van der Waals surface area contributed by atoms with Crippen molar-refractivity contribution in [2.75, 3.05) is 0 Å². The zero-order chi connectivity index (χ0) is 6.85. The van der Waals surface area contributed by atoms with Gasteiger partial charge in [0.25, 0.3) is 5.12 Å². The molecule has 0 bridgehead atoms. The first-order valence-electron chi connectivity index (χ1n) is 2.48. The van der Waals surface area contributed by atoms with Gasteiger partial charge in [0.2, 0.25) is 5.78 Å². The third-order valence-electron chi connectivity index (χ3n) is 0.990. The molecule has 0 saturated carbocycles. The maximum absolute atomic E-state index is 10.4. The normalized spacial score (nSPS) is 20.7. The van der Waals surface area contributed by atoms with Crippen LogP contribution in [0, 0.1) is 0 Å². The molecule has 0 spiro atoms. The van der Waals surface area contributed by atoms with Gasteiger partial charge in [-0.25, -0.2) is 0 Å². The Morgan fingerprint density at radius 2 is 1.78 bits per heavy atom. The zero-order valence-electron chi connectivity index (χ0n) is 4.55. The molecule has 1 rings (SSSR count). The van der Waals surface area contributed by atoms with Crippen LogP contribution in [0.4, 0.5) is 0 Å². The fourth-order valence-electron chi connectivity index (χ4n) is 0.529. The summed E-state index contributed by atoms with van der Waals surface area (Å²) in [5.41, 5.74) is 0.